The molecule has 4 heteroatoms. The molecule has 0 spiro atoms. The van der Waals surface area contributed by atoms with E-state index in [0.717, 1.165) is 5.56 Å². The summed E-state index contributed by atoms with van der Waals surface area (Å²) in [4.78, 5) is 22.2. The Hall–Kier alpha value is -1.84. The van der Waals surface area contributed by atoms with E-state index in [-0.39, 0.29) is 5.92 Å². The summed E-state index contributed by atoms with van der Waals surface area (Å²) in [7, 11) is 1.57. The van der Waals surface area contributed by atoms with Crippen LogP contribution in [-0.4, -0.2) is 18.8 Å². The zero-order valence-electron chi connectivity index (χ0n) is 9.61. The highest BCUT2D eigenvalue weighted by Gasteiger charge is 2.15. The lowest BCUT2D eigenvalue weighted by atomic mass is 9.98. The van der Waals surface area contributed by atoms with Crippen LogP contribution < -0.4 is 10.5 Å². The molecule has 0 aromatic heterocycles. The first-order valence-corrected chi connectivity index (χ1v) is 4.99. The molecule has 86 valence electrons. The fourth-order valence-corrected chi connectivity index (χ4v) is 1.47. The highest BCUT2D eigenvalue weighted by atomic mass is 16.5. The maximum absolute atomic E-state index is 11.4. The van der Waals surface area contributed by atoms with Gasteiger partial charge in [-0.3, -0.25) is 9.59 Å². The second-order valence-electron chi connectivity index (χ2n) is 3.80. The van der Waals surface area contributed by atoms with E-state index in [1.165, 1.54) is 6.07 Å². The van der Waals surface area contributed by atoms with Gasteiger partial charge >= 0.3 is 0 Å². The van der Waals surface area contributed by atoms with Crippen molar-refractivity contribution in [3.05, 3.63) is 29.3 Å². The van der Waals surface area contributed by atoms with E-state index < -0.39 is 11.7 Å². The van der Waals surface area contributed by atoms with Gasteiger partial charge in [-0.2, -0.15) is 0 Å². The third-order valence-electron chi connectivity index (χ3n) is 2.34. The molecule has 4 nitrogen and oxygen atoms in total. The van der Waals surface area contributed by atoms with Gasteiger partial charge in [-0.05, 0) is 29.7 Å². The molecule has 0 fully saturated rings. The predicted molar refractivity (Wildman–Crippen MR) is 60.6 cm³/mol. The van der Waals surface area contributed by atoms with E-state index in [2.05, 4.69) is 0 Å². The number of methoxy groups -OCH3 is 1. The average molecular weight is 221 g/mol. The molecule has 0 bridgehead atoms. The number of hydrogen-bond donors (Lipinski definition) is 1. The van der Waals surface area contributed by atoms with Crippen molar-refractivity contribution in [1.82, 2.24) is 0 Å². The predicted octanol–water partition coefficient (Wildman–Crippen LogP) is 1.49. The summed E-state index contributed by atoms with van der Waals surface area (Å²) in [6.07, 6.45) is 0. The van der Waals surface area contributed by atoms with Crippen LogP contribution in [0.4, 0.5) is 0 Å². The Balaban J connectivity index is 3.22. The van der Waals surface area contributed by atoms with E-state index >= 15 is 0 Å². The summed E-state index contributed by atoms with van der Waals surface area (Å²) in [6.45, 7) is 3.97. The Kier molecular flexibility index (Phi) is 3.66. The topological polar surface area (TPSA) is 69.4 Å². The summed E-state index contributed by atoms with van der Waals surface area (Å²) < 4.78 is 5.17. The fourth-order valence-electron chi connectivity index (χ4n) is 1.47. The molecule has 1 amide bonds. The Labute approximate surface area is 94.4 Å². The first-order valence-electron chi connectivity index (χ1n) is 4.99. The average Bonchev–Trinajstić information content (AvgIpc) is 2.26. The van der Waals surface area contributed by atoms with Gasteiger partial charge in [-0.1, -0.05) is 13.8 Å². The van der Waals surface area contributed by atoms with E-state index in [0.29, 0.717) is 11.3 Å². The van der Waals surface area contributed by atoms with Crippen LogP contribution in [0.2, 0.25) is 0 Å². The van der Waals surface area contributed by atoms with Gasteiger partial charge in [0.2, 0.25) is 5.78 Å². The van der Waals surface area contributed by atoms with E-state index in [1.54, 1.807) is 19.2 Å². The molecule has 0 aliphatic rings. The van der Waals surface area contributed by atoms with Crippen molar-refractivity contribution >= 4 is 11.7 Å². The maximum atomic E-state index is 11.4. The van der Waals surface area contributed by atoms with Crippen molar-refractivity contribution in [3.8, 4) is 5.75 Å². The first-order chi connectivity index (χ1) is 7.47. The second-order valence-corrected chi connectivity index (χ2v) is 3.80. The van der Waals surface area contributed by atoms with Gasteiger partial charge in [0.25, 0.3) is 5.91 Å². The van der Waals surface area contributed by atoms with Gasteiger partial charge in [-0.15, -0.1) is 0 Å². The number of nitrogens with two attached hydrogens (primary N) is 1. The number of amides is 1. The number of carbonyl (C=O) groups excluding carboxylic acids is 2. The molecule has 0 saturated carbocycles. The zero-order chi connectivity index (χ0) is 12.3. The fraction of sp³-hybridized carbons (Fsp3) is 0.333. The number of rotatable bonds is 4. The van der Waals surface area contributed by atoms with Crippen LogP contribution >= 0.6 is 0 Å². The molecular weight excluding hydrogens is 206 g/mol. The minimum atomic E-state index is -0.945. The number of hydrogen-bond acceptors (Lipinski definition) is 3. The number of primary amides is 1. The quantitative estimate of drug-likeness (QED) is 0.618. The SMILES string of the molecule is COc1ccc(C(=O)C(N)=O)cc1C(C)C. The number of carbonyl (C=O) groups is 2. The summed E-state index contributed by atoms with van der Waals surface area (Å²) >= 11 is 0. The van der Waals surface area contributed by atoms with Crippen molar-refractivity contribution in [3.63, 3.8) is 0 Å². The van der Waals surface area contributed by atoms with E-state index in [9.17, 15) is 9.59 Å². The third kappa shape index (κ3) is 2.39. The van der Waals surface area contributed by atoms with Crippen LogP contribution in [0.3, 0.4) is 0 Å². The minimum Gasteiger partial charge on any atom is -0.496 e. The van der Waals surface area contributed by atoms with Crippen LogP contribution in [0.1, 0.15) is 35.7 Å². The van der Waals surface area contributed by atoms with Crippen molar-refractivity contribution in [2.24, 2.45) is 5.73 Å². The van der Waals surface area contributed by atoms with Gasteiger partial charge in [0.15, 0.2) is 0 Å². The van der Waals surface area contributed by atoms with E-state index in [4.69, 9.17) is 10.5 Å². The summed E-state index contributed by atoms with van der Waals surface area (Å²) in [5, 5.41) is 0. The molecule has 0 atom stereocenters. The molecule has 2 N–H and O–H groups in total. The lowest BCUT2D eigenvalue weighted by Gasteiger charge is -2.12. The van der Waals surface area contributed by atoms with Crippen molar-refractivity contribution in [2.45, 2.75) is 19.8 Å². The molecule has 0 radical (unpaired) electrons. The monoisotopic (exact) mass is 221 g/mol. The normalized spacial score (nSPS) is 10.2. The zero-order valence-corrected chi connectivity index (χ0v) is 9.61. The molecule has 16 heavy (non-hydrogen) atoms. The summed E-state index contributed by atoms with van der Waals surface area (Å²) in [5.41, 5.74) is 6.13. The van der Waals surface area contributed by atoms with Crippen molar-refractivity contribution in [1.29, 1.82) is 0 Å². The molecule has 1 aromatic rings. The maximum Gasteiger partial charge on any atom is 0.289 e. The molecule has 1 rings (SSSR count). The second kappa shape index (κ2) is 4.79. The highest BCUT2D eigenvalue weighted by Crippen LogP contribution is 2.27. The van der Waals surface area contributed by atoms with Crippen LogP contribution in [0.25, 0.3) is 0 Å². The number of ketones is 1. The van der Waals surface area contributed by atoms with Crippen LogP contribution in [0.15, 0.2) is 18.2 Å². The molecule has 1 aromatic carbocycles. The largest absolute Gasteiger partial charge is 0.496 e. The lowest BCUT2D eigenvalue weighted by molar-refractivity contribution is -0.114. The van der Waals surface area contributed by atoms with E-state index in [1.807, 2.05) is 13.8 Å². The van der Waals surface area contributed by atoms with Crippen LogP contribution in [0, 0.1) is 0 Å². The van der Waals surface area contributed by atoms with Gasteiger partial charge < -0.3 is 10.5 Å². The lowest BCUT2D eigenvalue weighted by Crippen LogP contribution is -2.23. The molecule has 0 unspecified atom stereocenters. The van der Waals surface area contributed by atoms with Gasteiger partial charge in [-0.25, -0.2) is 0 Å². The third-order valence-corrected chi connectivity index (χ3v) is 2.34. The molecule has 0 saturated heterocycles. The van der Waals surface area contributed by atoms with Crippen LogP contribution in [-0.2, 0) is 4.79 Å². The van der Waals surface area contributed by atoms with Gasteiger partial charge in [0, 0.05) is 5.56 Å². The molecular formula is C12H15NO3. The van der Waals surface area contributed by atoms with Gasteiger partial charge in [0.05, 0.1) is 7.11 Å². The number of Topliss-reactive ketones (excluding diaryl/α,β-unsaturated/α-hetero) is 1. The first kappa shape index (κ1) is 12.2. The molecule has 0 aliphatic carbocycles. The standard InChI is InChI=1S/C12H15NO3/c1-7(2)9-6-8(11(14)12(13)15)4-5-10(9)16-3/h4-7H,1-3H3,(H2,13,15). The number of ether oxygens (including phenoxy) is 1. The Morgan fingerprint density at radius 2 is 1.94 bits per heavy atom. The highest BCUT2D eigenvalue weighted by molar-refractivity contribution is 6.42. The molecule has 0 aliphatic heterocycles. The minimum absolute atomic E-state index is 0.204. The van der Waals surface area contributed by atoms with Crippen molar-refractivity contribution < 1.29 is 14.3 Å². The Morgan fingerprint density at radius 3 is 2.38 bits per heavy atom. The summed E-state index contributed by atoms with van der Waals surface area (Å²) in [5.74, 6) is -0.712. The Morgan fingerprint density at radius 1 is 1.31 bits per heavy atom. The number of benzene rings is 1. The smallest absolute Gasteiger partial charge is 0.289 e. The molecule has 0 heterocycles. The van der Waals surface area contributed by atoms with Crippen LogP contribution in [0.5, 0.6) is 5.75 Å². The summed E-state index contributed by atoms with van der Waals surface area (Å²) in [6, 6.07) is 4.86. The van der Waals surface area contributed by atoms with Crippen molar-refractivity contribution in [2.75, 3.05) is 7.11 Å². The van der Waals surface area contributed by atoms with Gasteiger partial charge in [0.1, 0.15) is 5.75 Å². The Bertz CT molecular complexity index is 424.